The average Bonchev–Trinajstić information content (AvgIpc) is 2.45. The number of aliphatic hydroxyl groups excluding tert-OH is 1. The molecule has 0 bridgehead atoms. The van der Waals surface area contributed by atoms with Gasteiger partial charge in [0.05, 0.1) is 6.61 Å². The van der Waals surface area contributed by atoms with Gasteiger partial charge in [-0.2, -0.15) is 0 Å². The molecule has 0 aliphatic carbocycles. The maximum atomic E-state index is 11.5. The molecule has 0 aromatic heterocycles. The highest BCUT2D eigenvalue weighted by molar-refractivity contribution is 5.78. The van der Waals surface area contributed by atoms with Crippen LogP contribution in [0.1, 0.15) is 26.7 Å². The Morgan fingerprint density at radius 3 is 2.75 bits per heavy atom. The quantitative estimate of drug-likeness (QED) is 0.493. The fourth-order valence-electron chi connectivity index (χ4n) is 1.99. The number of likely N-dealkylation sites (tertiary alicyclic amines) is 1. The fourth-order valence-corrected chi connectivity index (χ4v) is 1.99. The first-order valence-corrected chi connectivity index (χ1v) is 7.15. The molecular formula is C13H26N4O3. The normalized spacial score (nSPS) is 18.8. The van der Waals surface area contributed by atoms with Gasteiger partial charge in [-0.1, -0.05) is 6.92 Å². The number of carbonyl (C=O) groups excluding carboxylic acids is 1. The van der Waals surface area contributed by atoms with Gasteiger partial charge in [0.1, 0.15) is 0 Å². The SMILES string of the molecule is CCOC(=O)N1CCC(NC(N)=NCC(C)CO)CC1. The van der Waals surface area contributed by atoms with Crippen molar-refractivity contribution in [1.82, 2.24) is 10.2 Å². The van der Waals surface area contributed by atoms with Crippen LogP contribution >= 0.6 is 0 Å². The predicted octanol–water partition coefficient (Wildman–Crippen LogP) is 0.140. The van der Waals surface area contributed by atoms with E-state index in [1.165, 1.54) is 0 Å². The minimum atomic E-state index is -0.246. The summed E-state index contributed by atoms with van der Waals surface area (Å²) in [6, 6.07) is 0.230. The van der Waals surface area contributed by atoms with E-state index in [-0.39, 0.29) is 24.7 Å². The van der Waals surface area contributed by atoms with Gasteiger partial charge in [0.15, 0.2) is 5.96 Å². The molecule has 1 fully saturated rings. The van der Waals surface area contributed by atoms with E-state index in [1.54, 1.807) is 11.8 Å². The molecule has 1 aliphatic rings. The molecule has 0 saturated carbocycles. The summed E-state index contributed by atoms with van der Waals surface area (Å²) in [6.07, 6.45) is 1.40. The molecular weight excluding hydrogens is 260 g/mol. The molecule has 7 heteroatoms. The highest BCUT2D eigenvalue weighted by Gasteiger charge is 2.23. The zero-order chi connectivity index (χ0) is 15.0. The second-order valence-corrected chi connectivity index (χ2v) is 5.12. The number of aliphatic imine (C=N–C) groups is 1. The van der Waals surface area contributed by atoms with Gasteiger partial charge in [0.2, 0.25) is 0 Å². The fraction of sp³-hybridized carbons (Fsp3) is 0.846. The molecule has 116 valence electrons. The van der Waals surface area contributed by atoms with Crippen LogP contribution in [-0.2, 0) is 4.74 Å². The second-order valence-electron chi connectivity index (χ2n) is 5.12. The van der Waals surface area contributed by atoms with E-state index in [9.17, 15) is 4.79 Å². The number of piperidine rings is 1. The van der Waals surface area contributed by atoms with Crippen LogP contribution in [0.5, 0.6) is 0 Å². The number of hydrogen-bond donors (Lipinski definition) is 3. The van der Waals surface area contributed by atoms with Gasteiger partial charge in [-0.3, -0.25) is 4.99 Å². The van der Waals surface area contributed by atoms with E-state index in [2.05, 4.69) is 10.3 Å². The number of hydrogen-bond acceptors (Lipinski definition) is 4. The van der Waals surface area contributed by atoms with Crippen LogP contribution in [0.25, 0.3) is 0 Å². The van der Waals surface area contributed by atoms with Crippen LogP contribution < -0.4 is 11.1 Å². The number of rotatable bonds is 5. The van der Waals surface area contributed by atoms with Crippen LogP contribution in [0.15, 0.2) is 4.99 Å². The number of aliphatic hydroxyl groups is 1. The first-order chi connectivity index (χ1) is 9.56. The summed E-state index contributed by atoms with van der Waals surface area (Å²) in [4.78, 5) is 17.5. The maximum absolute atomic E-state index is 11.5. The molecule has 7 nitrogen and oxygen atoms in total. The average molecular weight is 286 g/mol. The van der Waals surface area contributed by atoms with Gasteiger partial charge < -0.3 is 25.8 Å². The Morgan fingerprint density at radius 1 is 1.55 bits per heavy atom. The highest BCUT2D eigenvalue weighted by atomic mass is 16.6. The molecule has 0 spiro atoms. The van der Waals surface area contributed by atoms with Crippen molar-refractivity contribution in [3.8, 4) is 0 Å². The highest BCUT2D eigenvalue weighted by Crippen LogP contribution is 2.11. The first-order valence-electron chi connectivity index (χ1n) is 7.15. The van der Waals surface area contributed by atoms with Crippen molar-refractivity contribution in [2.45, 2.75) is 32.7 Å². The van der Waals surface area contributed by atoms with Crippen molar-refractivity contribution in [1.29, 1.82) is 0 Å². The third kappa shape index (κ3) is 5.64. The largest absolute Gasteiger partial charge is 0.450 e. The number of amides is 1. The zero-order valence-electron chi connectivity index (χ0n) is 12.3. The van der Waals surface area contributed by atoms with Gasteiger partial charge in [-0.15, -0.1) is 0 Å². The molecule has 1 aliphatic heterocycles. The molecule has 0 aromatic carbocycles. The Balaban J connectivity index is 2.29. The van der Waals surface area contributed by atoms with Crippen molar-refractivity contribution in [2.24, 2.45) is 16.6 Å². The van der Waals surface area contributed by atoms with Crippen LogP contribution in [-0.4, -0.2) is 60.9 Å². The third-order valence-electron chi connectivity index (χ3n) is 3.26. The molecule has 0 aromatic rings. The number of guanidine groups is 1. The lowest BCUT2D eigenvalue weighted by atomic mass is 10.1. The summed E-state index contributed by atoms with van der Waals surface area (Å²) in [7, 11) is 0. The van der Waals surface area contributed by atoms with Gasteiger partial charge in [0.25, 0.3) is 0 Å². The second kappa shape index (κ2) is 8.63. The molecule has 1 amide bonds. The summed E-state index contributed by atoms with van der Waals surface area (Å²) in [5.74, 6) is 0.515. The van der Waals surface area contributed by atoms with Crippen LogP contribution in [0.3, 0.4) is 0 Å². The van der Waals surface area contributed by atoms with Crippen LogP contribution in [0.2, 0.25) is 0 Å². The van der Waals surface area contributed by atoms with E-state index in [1.807, 2.05) is 6.92 Å². The Bertz CT molecular complexity index is 328. The van der Waals surface area contributed by atoms with Crippen molar-refractivity contribution < 1.29 is 14.6 Å². The standard InChI is InChI=1S/C13H26N4O3/c1-3-20-13(19)17-6-4-11(5-7-17)16-12(14)15-8-10(2)9-18/h10-11,18H,3-9H2,1-2H3,(H3,14,15,16). The number of nitrogens with one attached hydrogen (secondary N) is 1. The molecule has 20 heavy (non-hydrogen) atoms. The minimum Gasteiger partial charge on any atom is -0.450 e. The third-order valence-corrected chi connectivity index (χ3v) is 3.26. The molecule has 1 saturated heterocycles. The van der Waals surface area contributed by atoms with Crippen LogP contribution in [0.4, 0.5) is 4.79 Å². The topological polar surface area (TPSA) is 100 Å². The van der Waals surface area contributed by atoms with E-state index in [4.69, 9.17) is 15.6 Å². The summed E-state index contributed by atoms with van der Waals surface area (Å²) in [6.45, 7) is 6.06. The molecule has 1 atom stereocenters. The monoisotopic (exact) mass is 286 g/mol. The number of nitrogens with two attached hydrogens (primary N) is 1. The van der Waals surface area contributed by atoms with Gasteiger partial charge >= 0.3 is 6.09 Å². The Hall–Kier alpha value is -1.50. The summed E-state index contributed by atoms with van der Waals surface area (Å²) in [5, 5.41) is 12.1. The molecule has 4 N–H and O–H groups in total. The van der Waals surface area contributed by atoms with Crippen molar-refractivity contribution in [2.75, 3.05) is 32.8 Å². The van der Waals surface area contributed by atoms with Crippen molar-refractivity contribution in [3.05, 3.63) is 0 Å². The van der Waals surface area contributed by atoms with Gasteiger partial charge in [-0.05, 0) is 25.7 Å². The molecule has 0 radical (unpaired) electrons. The summed E-state index contributed by atoms with van der Waals surface area (Å²) >= 11 is 0. The van der Waals surface area contributed by atoms with E-state index in [0.29, 0.717) is 32.2 Å². The molecule has 1 rings (SSSR count). The van der Waals surface area contributed by atoms with Gasteiger partial charge in [-0.25, -0.2) is 4.79 Å². The van der Waals surface area contributed by atoms with E-state index >= 15 is 0 Å². The predicted molar refractivity (Wildman–Crippen MR) is 77.5 cm³/mol. The van der Waals surface area contributed by atoms with Crippen molar-refractivity contribution in [3.63, 3.8) is 0 Å². The van der Waals surface area contributed by atoms with E-state index in [0.717, 1.165) is 12.8 Å². The summed E-state index contributed by atoms with van der Waals surface area (Å²) in [5.41, 5.74) is 5.80. The Kier molecular flexibility index (Phi) is 7.14. The summed E-state index contributed by atoms with van der Waals surface area (Å²) < 4.78 is 4.97. The number of nitrogens with zero attached hydrogens (tertiary/aromatic N) is 2. The number of carbonyl (C=O) groups is 1. The van der Waals surface area contributed by atoms with Gasteiger partial charge in [0, 0.05) is 32.3 Å². The molecule has 1 unspecified atom stereocenters. The lowest BCUT2D eigenvalue weighted by Gasteiger charge is -2.31. The number of ether oxygens (including phenoxy) is 1. The Morgan fingerprint density at radius 2 is 2.20 bits per heavy atom. The smallest absolute Gasteiger partial charge is 0.409 e. The zero-order valence-corrected chi connectivity index (χ0v) is 12.3. The lowest BCUT2D eigenvalue weighted by Crippen LogP contribution is -2.48. The maximum Gasteiger partial charge on any atom is 0.409 e. The Labute approximate surface area is 120 Å². The minimum absolute atomic E-state index is 0.106. The van der Waals surface area contributed by atoms with Crippen LogP contribution in [0, 0.1) is 5.92 Å². The molecule has 1 heterocycles. The first kappa shape index (κ1) is 16.6. The van der Waals surface area contributed by atoms with Crippen molar-refractivity contribution >= 4 is 12.1 Å². The lowest BCUT2D eigenvalue weighted by molar-refractivity contribution is 0.0963. The van der Waals surface area contributed by atoms with E-state index < -0.39 is 0 Å².